The van der Waals surface area contributed by atoms with Crippen LogP contribution in [0.25, 0.3) is 0 Å². The molecule has 1 aromatic carbocycles. The van der Waals surface area contributed by atoms with E-state index in [4.69, 9.17) is 9.47 Å². The normalized spacial score (nSPS) is 10.5. The minimum Gasteiger partial charge on any atom is -0.490 e. The first-order valence-corrected chi connectivity index (χ1v) is 5.82. The van der Waals surface area contributed by atoms with Crippen molar-refractivity contribution >= 4 is 0 Å². The second-order valence-electron chi connectivity index (χ2n) is 3.84. The monoisotopic (exact) mass is 223 g/mol. The Morgan fingerprint density at radius 3 is 2.31 bits per heavy atom. The van der Waals surface area contributed by atoms with Crippen molar-refractivity contribution in [1.82, 2.24) is 5.32 Å². The summed E-state index contributed by atoms with van der Waals surface area (Å²) in [5, 5.41) is 3.30. The third-order valence-corrected chi connectivity index (χ3v) is 2.06. The van der Waals surface area contributed by atoms with Gasteiger partial charge in [0.1, 0.15) is 6.61 Å². The van der Waals surface area contributed by atoms with Crippen LogP contribution in [0.4, 0.5) is 0 Å². The summed E-state index contributed by atoms with van der Waals surface area (Å²) in [6.07, 6.45) is 0. The summed E-state index contributed by atoms with van der Waals surface area (Å²) in [7, 11) is 0. The Bertz CT molecular complexity index is 300. The molecule has 0 saturated carbocycles. The number of ether oxygens (including phenoxy) is 2. The lowest BCUT2D eigenvalue weighted by Gasteiger charge is -2.12. The summed E-state index contributed by atoms with van der Waals surface area (Å²) in [4.78, 5) is 0. The summed E-state index contributed by atoms with van der Waals surface area (Å²) >= 11 is 0. The highest BCUT2D eigenvalue weighted by Gasteiger charge is 2.02. The molecule has 0 aliphatic carbocycles. The van der Waals surface area contributed by atoms with Crippen LogP contribution in [-0.4, -0.2) is 25.8 Å². The molecule has 0 saturated heterocycles. The second kappa shape index (κ2) is 7.12. The van der Waals surface area contributed by atoms with Crippen molar-refractivity contribution < 1.29 is 9.47 Å². The molecule has 0 atom stereocenters. The lowest BCUT2D eigenvalue weighted by molar-refractivity contribution is 0.273. The zero-order chi connectivity index (χ0) is 11.8. The van der Waals surface area contributed by atoms with Crippen molar-refractivity contribution in [2.75, 3.05) is 19.8 Å². The van der Waals surface area contributed by atoms with Gasteiger partial charge >= 0.3 is 0 Å². The molecule has 16 heavy (non-hydrogen) atoms. The van der Waals surface area contributed by atoms with Gasteiger partial charge in [-0.15, -0.1) is 0 Å². The van der Waals surface area contributed by atoms with E-state index in [1.807, 2.05) is 31.2 Å². The Hall–Kier alpha value is -1.22. The number of hydrogen-bond acceptors (Lipinski definition) is 3. The first kappa shape index (κ1) is 12.8. The Kier molecular flexibility index (Phi) is 5.72. The molecule has 0 bridgehead atoms. The number of benzene rings is 1. The first-order valence-electron chi connectivity index (χ1n) is 5.82. The predicted molar refractivity (Wildman–Crippen MR) is 66.2 cm³/mol. The van der Waals surface area contributed by atoms with Crippen LogP contribution in [0, 0.1) is 0 Å². The average Bonchev–Trinajstić information content (AvgIpc) is 2.26. The van der Waals surface area contributed by atoms with E-state index < -0.39 is 0 Å². The SMILES string of the molecule is CCOc1ccccc1OCCNC(C)C. The highest BCUT2D eigenvalue weighted by atomic mass is 16.5. The Labute approximate surface area is 97.8 Å². The van der Waals surface area contributed by atoms with Gasteiger partial charge < -0.3 is 14.8 Å². The zero-order valence-electron chi connectivity index (χ0n) is 10.3. The van der Waals surface area contributed by atoms with Crippen molar-refractivity contribution in [2.45, 2.75) is 26.8 Å². The highest BCUT2D eigenvalue weighted by molar-refractivity contribution is 5.39. The third kappa shape index (κ3) is 4.53. The number of rotatable bonds is 7. The summed E-state index contributed by atoms with van der Waals surface area (Å²) in [6, 6.07) is 8.25. The predicted octanol–water partition coefficient (Wildman–Crippen LogP) is 2.46. The van der Waals surface area contributed by atoms with Crippen molar-refractivity contribution in [3.05, 3.63) is 24.3 Å². The molecular weight excluding hydrogens is 202 g/mol. The minimum absolute atomic E-state index is 0.491. The van der Waals surface area contributed by atoms with Crippen molar-refractivity contribution in [3.63, 3.8) is 0 Å². The standard InChI is InChI=1S/C13H21NO2/c1-4-15-12-7-5-6-8-13(12)16-10-9-14-11(2)3/h5-8,11,14H,4,9-10H2,1-3H3. The van der Waals surface area contributed by atoms with E-state index in [1.54, 1.807) is 0 Å². The van der Waals surface area contributed by atoms with Crippen LogP contribution in [0.5, 0.6) is 11.5 Å². The maximum absolute atomic E-state index is 5.65. The Morgan fingerprint density at radius 2 is 1.75 bits per heavy atom. The van der Waals surface area contributed by atoms with Crippen molar-refractivity contribution in [2.24, 2.45) is 0 Å². The van der Waals surface area contributed by atoms with Crippen LogP contribution < -0.4 is 14.8 Å². The first-order chi connectivity index (χ1) is 7.74. The van der Waals surface area contributed by atoms with Gasteiger partial charge in [0.25, 0.3) is 0 Å². The lowest BCUT2D eigenvalue weighted by Crippen LogP contribution is -2.27. The average molecular weight is 223 g/mol. The van der Waals surface area contributed by atoms with E-state index in [0.717, 1.165) is 18.0 Å². The van der Waals surface area contributed by atoms with E-state index in [2.05, 4.69) is 19.2 Å². The van der Waals surface area contributed by atoms with Crippen LogP contribution in [-0.2, 0) is 0 Å². The molecule has 3 nitrogen and oxygen atoms in total. The van der Waals surface area contributed by atoms with E-state index in [-0.39, 0.29) is 0 Å². The summed E-state index contributed by atoms with van der Waals surface area (Å²) in [5.41, 5.74) is 0. The molecule has 0 aliphatic heterocycles. The highest BCUT2D eigenvalue weighted by Crippen LogP contribution is 2.25. The zero-order valence-corrected chi connectivity index (χ0v) is 10.3. The molecule has 0 amide bonds. The van der Waals surface area contributed by atoms with Gasteiger partial charge in [-0.3, -0.25) is 0 Å². The number of para-hydroxylation sites is 2. The van der Waals surface area contributed by atoms with Crippen LogP contribution in [0.15, 0.2) is 24.3 Å². The van der Waals surface area contributed by atoms with Gasteiger partial charge in [0.05, 0.1) is 6.61 Å². The molecule has 0 radical (unpaired) electrons. The molecular formula is C13H21NO2. The van der Waals surface area contributed by atoms with Crippen LogP contribution in [0.2, 0.25) is 0 Å². The van der Waals surface area contributed by atoms with Crippen LogP contribution in [0.3, 0.4) is 0 Å². The maximum Gasteiger partial charge on any atom is 0.161 e. The van der Waals surface area contributed by atoms with E-state index in [9.17, 15) is 0 Å². The molecule has 0 aromatic heterocycles. The molecule has 90 valence electrons. The number of hydrogen-bond donors (Lipinski definition) is 1. The Morgan fingerprint density at radius 1 is 1.12 bits per heavy atom. The van der Waals surface area contributed by atoms with Crippen LogP contribution >= 0.6 is 0 Å². The fourth-order valence-corrected chi connectivity index (χ4v) is 1.35. The molecule has 0 aliphatic rings. The lowest BCUT2D eigenvalue weighted by atomic mass is 10.3. The van der Waals surface area contributed by atoms with E-state index in [1.165, 1.54) is 0 Å². The molecule has 0 unspecified atom stereocenters. The molecule has 0 spiro atoms. The molecule has 0 heterocycles. The molecule has 1 aromatic rings. The summed E-state index contributed by atoms with van der Waals surface area (Å²) in [6.45, 7) is 8.37. The van der Waals surface area contributed by atoms with Gasteiger partial charge in [0.2, 0.25) is 0 Å². The van der Waals surface area contributed by atoms with Gasteiger partial charge in [-0.25, -0.2) is 0 Å². The molecule has 0 fully saturated rings. The van der Waals surface area contributed by atoms with Gasteiger partial charge in [0.15, 0.2) is 11.5 Å². The fourth-order valence-electron chi connectivity index (χ4n) is 1.35. The molecule has 1 rings (SSSR count). The van der Waals surface area contributed by atoms with Gasteiger partial charge in [-0.05, 0) is 19.1 Å². The van der Waals surface area contributed by atoms with Crippen LogP contribution in [0.1, 0.15) is 20.8 Å². The topological polar surface area (TPSA) is 30.5 Å². The second-order valence-corrected chi connectivity index (χ2v) is 3.84. The van der Waals surface area contributed by atoms with E-state index >= 15 is 0 Å². The molecule has 3 heteroatoms. The maximum atomic E-state index is 5.65. The smallest absolute Gasteiger partial charge is 0.161 e. The fraction of sp³-hybridized carbons (Fsp3) is 0.538. The van der Waals surface area contributed by atoms with Crippen molar-refractivity contribution in [3.8, 4) is 11.5 Å². The molecule has 1 N–H and O–H groups in total. The number of nitrogens with one attached hydrogen (secondary N) is 1. The largest absolute Gasteiger partial charge is 0.490 e. The van der Waals surface area contributed by atoms with Gasteiger partial charge in [0, 0.05) is 12.6 Å². The van der Waals surface area contributed by atoms with E-state index in [0.29, 0.717) is 19.3 Å². The summed E-state index contributed by atoms with van der Waals surface area (Å²) < 4.78 is 11.1. The van der Waals surface area contributed by atoms with Gasteiger partial charge in [-0.1, -0.05) is 26.0 Å². The summed E-state index contributed by atoms with van der Waals surface area (Å²) in [5.74, 6) is 1.63. The quantitative estimate of drug-likeness (QED) is 0.720. The Balaban J connectivity index is 2.40. The third-order valence-electron chi connectivity index (χ3n) is 2.06. The van der Waals surface area contributed by atoms with Crippen molar-refractivity contribution in [1.29, 1.82) is 0 Å². The minimum atomic E-state index is 0.491. The van der Waals surface area contributed by atoms with Gasteiger partial charge in [-0.2, -0.15) is 0 Å².